The SMILES string of the molecule is CC.CC.CC1=NC=CC1.CC1=Nc2ccccc2C1.Cc1ccccn1.Cc1ccccn1. The van der Waals surface area contributed by atoms with Crippen LogP contribution in [-0.2, 0) is 6.42 Å². The van der Waals surface area contributed by atoms with Crippen LogP contribution in [0.4, 0.5) is 5.69 Å². The van der Waals surface area contributed by atoms with E-state index in [9.17, 15) is 0 Å². The predicted octanol–water partition coefficient (Wildman–Crippen LogP) is 8.53. The molecule has 0 bridgehead atoms. The van der Waals surface area contributed by atoms with Crippen molar-refractivity contribution in [2.45, 2.75) is 68.2 Å². The summed E-state index contributed by atoms with van der Waals surface area (Å²) in [7, 11) is 0. The van der Waals surface area contributed by atoms with Crippen LogP contribution in [0.1, 0.15) is 64.9 Å². The number of allylic oxidation sites excluding steroid dienone is 1. The molecule has 34 heavy (non-hydrogen) atoms. The lowest BCUT2D eigenvalue weighted by molar-refractivity contribution is 1.20. The number of benzene rings is 1. The molecule has 2 aliphatic heterocycles. The summed E-state index contributed by atoms with van der Waals surface area (Å²) < 4.78 is 0. The van der Waals surface area contributed by atoms with E-state index in [0.29, 0.717) is 0 Å². The van der Waals surface area contributed by atoms with Gasteiger partial charge >= 0.3 is 0 Å². The van der Waals surface area contributed by atoms with Crippen molar-refractivity contribution >= 4 is 17.1 Å². The molecule has 182 valence electrons. The van der Waals surface area contributed by atoms with E-state index < -0.39 is 0 Å². The molecule has 1 aromatic carbocycles. The van der Waals surface area contributed by atoms with E-state index in [1.54, 1.807) is 12.4 Å². The molecule has 0 spiro atoms. The normalized spacial score (nSPS) is 11.5. The Kier molecular flexibility index (Phi) is 18.2. The summed E-state index contributed by atoms with van der Waals surface area (Å²) >= 11 is 0. The van der Waals surface area contributed by atoms with Crippen LogP contribution in [0, 0.1) is 13.8 Å². The van der Waals surface area contributed by atoms with Crippen molar-refractivity contribution < 1.29 is 0 Å². The summed E-state index contributed by atoms with van der Waals surface area (Å²) in [4.78, 5) is 16.3. The van der Waals surface area contributed by atoms with Gasteiger partial charge in [0.25, 0.3) is 0 Å². The molecule has 3 aromatic rings. The Morgan fingerprint density at radius 1 is 0.618 bits per heavy atom. The molecule has 0 saturated heterocycles. The fourth-order valence-electron chi connectivity index (χ4n) is 2.64. The minimum absolute atomic E-state index is 1.04. The molecule has 0 fully saturated rings. The highest BCUT2D eigenvalue weighted by atomic mass is 14.8. The zero-order valence-corrected chi connectivity index (χ0v) is 22.3. The second-order valence-corrected chi connectivity index (χ2v) is 7.05. The van der Waals surface area contributed by atoms with Crippen LogP contribution in [0.25, 0.3) is 0 Å². The molecule has 2 aromatic heterocycles. The number of rotatable bonds is 0. The average molecular weight is 459 g/mol. The van der Waals surface area contributed by atoms with Gasteiger partial charge < -0.3 is 0 Å². The Bertz CT molecular complexity index is 937. The molecular formula is C30H42N4. The van der Waals surface area contributed by atoms with Crippen molar-refractivity contribution in [3.63, 3.8) is 0 Å². The number of aromatic nitrogens is 2. The topological polar surface area (TPSA) is 50.5 Å². The molecule has 0 saturated carbocycles. The van der Waals surface area contributed by atoms with Gasteiger partial charge in [0, 0.05) is 54.2 Å². The van der Waals surface area contributed by atoms with Crippen LogP contribution >= 0.6 is 0 Å². The first kappa shape index (κ1) is 30.6. The van der Waals surface area contributed by atoms with E-state index in [1.807, 2.05) is 97.1 Å². The number of nitrogens with zero attached hydrogens (tertiary/aromatic N) is 4. The molecule has 4 heterocycles. The maximum atomic E-state index is 4.37. The first-order valence-corrected chi connectivity index (χ1v) is 12.1. The third-order valence-electron chi connectivity index (χ3n) is 4.19. The van der Waals surface area contributed by atoms with Gasteiger partial charge in [-0.1, -0.05) is 64.1 Å². The molecule has 0 unspecified atom stereocenters. The van der Waals surface area contributed by atoms with Gasteiger partial charge in [-0.2, -0.15) is 0 Å². The van der Waals surface area contributed by atoms with Crippen molar-refractivity contribution in [1.29, 1.82) is 0 Å². The van der Waals surface area contributed by atoms with Crippen molar-refractivity contribution in [3.05, 3.63) is 102 Å². The molecule has 4 nitrogen and oxygen atoms in total. The number of aliphatic imine (C=N–C) groups is 2. The molecule has 0 radical (unpaired) electrons. The summed E-state index contributed by atoms with van der Waals surface area (Å²) in [5, 5.41) is 0. The van der Waals surface area contributed by atoms with Gasteiger partial charge in [0.1, 0.15) is 0 Å². The van der Waals surface area contributed by atoms with Crippen LogP contribution in [0.2, 0.25) is 0 Å². The van der Waals surface area contributed by atoms with Crippen molar-refractivity contribution in [2.75, 3.05) is 0 Å². The van der Waals surface area contributed by atoms with Crippen LogP contribution in [-0.4, -0.2) is 21.4 Å². The molecule has 0 aliphatic carbocycles. The van der Waals surface area contributed by atoms with Crippen LogP contribution in [0.15, 0.2) is 95.3 Å². The molecule has 0 atom stereocenters. The van der Waals surface area contributed by atoms with E-state index in [2.05, 4.69) is 51.2 Å². The lowest BCUT2D eigenvalue weighted by Gasteiger charge is -1.91. The Hall–Kier alpha value is -3.40. The molecule has 0 N–H and O–H groups in total. The Morgan fingerprint density at radius 3 is 1.47 bits per heavy atom. The number of para-hydroxylation sites is 1. The predicted molar refractivity (Wildman–Crippen MR) is 150 cm³/mol. The van der Waals surface area contributed by atoms with E-state index in [4.69, 9.17) is 0 Å². The van der Waals surface area contributed by atoms with E-state index in [-0.39, 0.29) is 0 Å². The second kappa shape index (κ2) is 20.2. The van der Waals surface area contributed by atoms with Crippen LogP contribution in [0.5, 0.6) is 0 Å². The number of aryl methyl sites for hydroxylation is 2. The quantitative estimate of drug-likeness (QED) is 0.339. The lowest BCUT2D eigenvalue weighted by Crippen LogP contribution is -1.87. The van der Waals surface area contributed by atoms with Gasteiger partial charge in [0.2, 0.25) is 0 Å². The smallest absolute Gasteiger partial charge is 0.0664 e. The second-order valence-electron chi connectivity index (χ2n) is 7.05. The summed E-state index contributed by atoms with van der Waals surface area (Å²) in [6.45, 7) is 16.0. The Labute approximate surface area is 207 Å². The zero-order valence-electron chi connectivity index (χ0n) is 22.3. The first-order valence-electron chi connectivity index (χ1n) is 12.1. The zero-order chi connectivity index (χ0) is 25.6. The van der Waals surface area contributed by atoms with Gasteiger partial charge in [-0.3, -0.25) is 20.0 Å². The van der Waals surface area contributed by atoms with Crippen LogP contribution in [0.3, 0.4) is 0 Å². The maximum Gasteiger partial charge on any atom is 0.0664 e. The number of pyridine rings is 2. The average Bonchev–Trinajstić information content (AvgIpc) is 3.51. The minimum atomic E-state index is 1.04. The molecular weight excluding hydrogens is 416 g/mol. The highest BCUT2D eigenvalue weighted by Crippen LogP contribution is 2.25. The third-order valence-corrected chi connectivity index (χ3v) is 4.19. The standard InChI is InChI=1S/C9H9N.2C6H7N.C5H7N.2C2H6/c1-7-6-8-4-2-3-5-9(8)10-7;2*1-6-4-2-3-5-7-6;1-5-3-2-4-6-5;2*1-2/h2-5H,6H2,1H3;2*2-5H,1H3;2,4H,3H2,1H3;2*1-2H3. The summed E-state index contributed by atoms with van der Waals surface area (Å²) in [5.74, 6) is 0. The van der Waals surface area contributed by atoms with E-state index >= 15 is 0 Å². The minimum Gasteiger partial charge on any atom is -0.266 e. The Balaban J connectivity index is 0.000000414. The highest BCUT2D eigenvalue weighted by molar-refractivity contribution is 5.91. The lowest BCUT2D eigenvalue weighted by atomic mass is 10.1. The summed E-state index contributed by atoms with van der Waals surface area (Å²) in [6, 6.07) is 20.0. The Morgan fingerprint density at radius 2 is 1.15 bits per heavy atom. The van der Waals surface area contributed by atoms with E-state index in [1.165, 1.54) is 17.0 Å². The molecule has 4 heteroatoms. The van der Waals surface area contributed by atoms with Gasteiger partial charge in [-0.15, -0.1) is 0 Å². The maximum absolute atomic E-state index is 4.37. The number of fused-ring (bicyclic) bond motifs is 1. The van der Waals surface area contributed by atoms with Crippen molar-refractivity contribution in [3.8, 4) is 0 Å². The fourth-order valence-corrected chi connectivity index (χ4v) is 2.64. The molecule has 5 rings (SSSR count). The molecule has 0 amide bonds. The van der Waals surface area contributed by atoms with Gasteiger partial charge in [-0.05, 0) is 63.6 Å². The van der Waals surface area contributed by atoms with E-state index in [0.717, 1.165) is 29.9 Å². The summed E-state index contributed by atoms with van der Waals surface area (Å²) in [5.41, 5.74) is 7.10. The largest absolute Gasteiger partial charge is 0.266 e. The third kappa shape index (κ3) is 14.6. The van der Waals surface area contributed by atoms with Gasteiger partial charge in [0.15, 0.2) is 0 Å². The summed E-state index contributed by atoms with van der Waals surface area (Å²) in [6.07, 6.45) is 9.56. The first-order chi connectivity index (χ1) is 16.5. The highest BCUT2D eigenvalue weighted by Gasteiger charge is 2.08. The monoisotopic (exact) mass is 458 g/mol. The fraction of sp³-hybridized carbons (Fsp3) is 0.333. The van der Waals surface area contributed by atoms with Crippen LogP contribution < -0.4 is 0 Å². The molecule has 2 aliphatic rings. The number of hydrogen-bond acceptors (Lipinski definition) is 4. The van der Waals surface area contributed by atoms with Crippen molar-refractivity contribution in [1.82, 2.24) is 9.97 Å². The number of hydrogen-bond donors (Lipinski definition) is 0. The van der Waals surface area contributed by atoms with Gasteiger partial charge in [-0.25, -0.2) is 0 Å². The van der Waals surface area contributed by atoms with Crippen molar-refractivity contribution in [2.24, 2.45) is 9.98 Å². The van der Waals surface area contributed by atoms with Gasteiger partial charge in [0.05, 0.1) is 5.69 Å².